The number of carbonyl (C=O) groups excluding carboxylic acids is 6. The lowest BCUT2D eigenvalue weighted by molar-refractivity contribution is -0.156. The molecule has 0 aromatic rings. The lowest BCUT2D eigenvalue weighted by Crippen LogP contribution is -2.65. The average molecular weight is 478 g/mol. The maximum Gasteiger partial charge on any atom is 0.303 e. The smallest absolute Gasteiger partial charge is 0.303 e. The van der Waals surface area contributed by atoms with Crippen LogP contribution >= 0.6 is 0 Å². The Bertz CT molecular complexity index is 872. The summed E-state index contributed by atoms with van der Waals surface area (Å²) in [5.41, 5.74) is 0. The van der Waals surface area contributed by atoms with Crippen molar-refractivity contribution < 1.29 is 48.6 Å². The van der Waals surface area contributed by atoms with Gasteiger partial charge in [0, 0.05) is 50.2 Å². The molecule has 14 heteroatoms. The predicted octanol–water partition coefficient (Wildman–Crippen LogP) is -2.46. The quantitative estimate of drug-likeness (QED) is 0.162. The molecule has 0 aromatic carbocycles. The minimum absolute atomic E-state index is 0.0108. The van der Waals surface area contributed by atoms with Gasteiger partial charge in [-0.1, -0.05) is 0 Å². The highest BCUT2D eigenvalue weighted by Gasteiger charge is 2.50. The Morgan fingerprint density at radius 2 is 0.941 bits per heavy atom. The first-order valence-corrected chi connectivity index (χ1v) is 10.1. The molecular weight excluding hydrogens is 456 g/mol. The third-order valence-corrected chi connectivity index (χ3v) is 4.81. The molecule has 6 amide bonds. The van der Waals surface area contributed by atoms with Gasteiger partial charge in [0.15, 0.2) is 0 Å². The molecule has 14 nitrogen and oxygen atoms in total. The molecule has 2 heterocycles. The Hall–Kier alpha value is -4.36. The first-order valence-electron chi connectivity index (χ1n) is 10.1. The Morgan fingerprint density at radius 3 is 1.21 bits per heavy atom. The summed E-state index contributed by atoms with van der Waals surface area (Å²) in [6.07, 6.45) is 2.78. The number of aliphatic carboxylic acids is 2. The number of carboxylic acid groups (broad SMARTS) is 2. The summed E-state index contributed by atoms with van der Waals surface area (Å²) in [6.45, 7) is -0.392. The van der Waals surface area contributed by atoms with Gasteiger partial charge in [-0.05, 0) is 12.8 Å². The van der Waals surface area contributed by atoms with Crippen molar-refractivity contribution in [1.29, 1.82) is 0 Å². The van der Waals surface area contributed by atoms with Crippen LogP contribution in [0, 0.1) is 0 Å². The van der Waals surface area contributed by atoms with E-state index in [4.69, 9.17) is 10.2 Å². The van der Waals surface area contributed by atoms with Crippen LogP contribution < -0.4 is 10.6 Å². The van der Waals surface area contributed by atoms with Gasteiger partial charge in [0.25, 0.3) is 23.6 Å². The largest absolute Gasteiger partial charge is 0.481 e. The number of rotatable bonds is 13. The van der Waals surface area contributed by atoms with Crippen LogP contribution in [-0.4, -0.2) is 92.6 Å². The summed E-state index contributed by atoms with van der Waals surface area (Å²) in [6, 6.07) is -3.93. The fourth-order valence-electron chi connectivity index (χ4n) is 3.29. The molecule has 2 atom stereocenters. The van der Waals surface area contributed by atoms with E-state index in [-0.39, 0.29) is 38.8 Å². The molecule has 34 heavy (non-hydrogen) atoms. The van der Waals surface area contributed by atoms with Crippen molar-refractivity contribution in [2.45, 2.75) is 37.8 Å². The fourth-order valence-corrected chi connectivity index (χ4v) is 3.29. The van der Waals surface area contributed by atoms with Gasteiger partial charge in [0.05, 0.1) is 0 Å². The van der Waals surface area contributed by atoms with E-state index in [9.17, 15) is 38.4 Å². The molecule has 2 aliphatic heterocycles. The van der Waals surface area contributed by atoms with E-state index in [1.165, 1.54) is 0 Å². The minimum Gasteiger partial charge on any atom is -0.481 e. The van der Waals surface area contributed by atoms with E-state index < -0.39 is 59.5 Å². The van der Waals surface area contributed by atoms with Crippen LogP contribution in [0.1, 0.15) is 25.7 Å². The molecule has 0 radical (unpaired) electrons. The normalized spacial score (nSPS) is 16.7. The molecule has 2 rings (SSSR count). The van der Waals surface area contributed by atoms with Crippen LogP contribution in [-0.2, 0) is 38.4 Å². The highest BCUT2D eigenvalue weighted by molar-refractivity contribution is 6.18. The van der Waals surface area contributed by atoms with Gasteiger partial charge in [-0.2, -0.15) is 0 Å². The van der Waals surface area contributed by atoms with Crippen molar-refractivity contribution >= 4 is 47.4 Å². The maximum absolute atomic E-state index is 13.0. The van der Waals surface area contributed by atoms with E-state index in [1.54, 1.807) is 0 Å². The van der Waals surface area contributed by atoms with E-state index in [1.807, 2.05) is 0 Å². The molecule has 0 fully saturated rings. The predicted molar refractivity (Wildman–Crippen MR) is 109 cm³/mol. The van der Waals surface area contributed by atoms with Crippen LogP contribution in [0.5, 0.6) is 0 Å². The van der Waals surface area contributed by atoms with Gasteiger partial charge in [-0.25, -0.2) is 0 Å². The third-order valence-electron chi connectivity index (χ3n) is 4.81. The molecule has 0 saturated heterocycles. The van der Waals surface area contributed by atoms with Crippen LogP contribution in [0.3, 0.4) is 0 Å². The Balaban J connectivity index is 2.36. The van der Waals surface area contributed by atoms with Gasteiger partial charge >= 0.3 is 11.9 Å². The second kappa shape index (κ2) is 11.5. The number of hydrogen-bond acceptors (Lipinski definition) is 8. The lowest BCUT2D eigenvalue weighted by atomic mass is 10.0. The second-order valence-electron chi connectivity index (χ2n) is 7.23. The molecule has 0 bridgehead atoms. The SMILES string of the molecule is O=C(O)CCCNC(=O)C(C(C(=O)NCCCC(=O)O)N1C(=O)C=CC1=O)N1C(=O)C=CC1=O. The van der Waals surface area contributed by atoms with Crippen molar-refractivity contribution in [2.75, 3.05) is 13.1 Å². The van der Waals surface area contributed by atoms with Crippen molar-refractivity contribution in [3.05, 3.63) is 24.3 Å². The average Bonchev–Trinajstić information content (AvgIpc) is 3.26. The molecule has 0 aliphatic carbocycles. The summed E-state index contributed by atoms with van der Waals surface area (Å²) >= 11 is 0. The first-order chi connectivity index (χ1) is 16.0. The number of amides is 6. The Kier molecular flexibility index (Phi) is 8.75. The van der Waals surface area contributed by atoms with E-state index in [0.717, 1.165) is 24.3 Å². The molecule has 0 aromatic heterocycles. The molecule has 4 N–H and O–H groups in total. The molecule has 182 valence electrons. The molecule has 0 spiro atoms. The fraction of sp³-hybridized carbons (Fsp3) is 0.400. The summed E-state index contributed by atoms with van der Waals surface area (Å²) in [4.78, 5) is 97.7. The summed E-state index contributed by atoms with van der Waals surface area (Å²) in [7, 11) is 0. The van der Waals surface area contributed by atoms with E-state index in [2.05, 4.69) is 10.6 Å². The van der Waals surface area contributed by atoms with E-state index >= 15 is 0 Å². The van der Waals surface area contributed by atoms with Gasteiger partial charge in [0.1, 0.15) is 12.1 Å². The standard InChI is InChI=1S/C20H22N4O10/c25-11-5-6-12(26)23(11)17(19(33)21-9-1-3-15(29)30)18(24-13(27)7-8-14(24)28)20(34)22-10-2-4-16(31)32/h5-8,17-18H,1-4,9-10H2,(H,21,33)(H,22,34)(H,29,30)(H,31,32). The number of nitrogens with zero attached hydrogens (tertiary/aromatic N) is 2. The minimum atomic E-state index is -1.97. The third kappa shape index (κ3) is 6.34. The number of hydrogen-bond donors (Lipinski definition) is 4. The van der Waals surface area contributed by atoms with E-state index in [0.29, 0.717) is 9.80 Å². The lowest BCUT2D eigenvalue weighted by Gasteiger charge is -2.35. The van der Waals surface area contributed by atoms with Crippen molar-refractivity contribution in [1.82, 2.24) is 20.4 Å². The Morgan fingerprint density at radius 1 is 0.647 bits per heavy atom. The van der Waals surface area contributed by atoms with Crippen LogP contribution in [0.4, 0.5) is 0 Å². The molecule has 2 unspecified atom stereocenters. The number of carbonyl (C=O) groups is 8. The van der Waals surface area contributed by atoms with Gasteiger partial charge in [0.2, 0.25) is 11.8 Å². The van der Waals surface area contributed by atoms with Gasteiger partial charge < -0.3 is 20.8 Å². The zero-order chi connectivity index (χ0) is 25.4. The number of carboxylic acids is 2. The van der Waals surface area contributed by atoms with Crippen LogP contribution in [0.15, 0.2) is 24.3 Å². The van der Waals surface area contributed by atoms with Crippen molar-refractivity contribution in [2.24, 2.45) is 0 Å². The first kappa shape index (κ1) is 25.9. The molecule has 0 saturated carbocycles. The summed E-state index contributed by atoms with van der Waals surface area (Å²) in [5, 5.41) is 22.1. The summed E-state index contributed by atoms with van der Waals surface area (Å²) in [5.74, 6) is -8.27. The van der Waals surface area contributed by atoms with Crippen molar-refractivity contribution in [3.63, 3.8) is 0 Å². The highest BCUT2D eigenvalue weighted by atomic mass is 16.4. The summed E-state index contributed by atoms with van der Waals surface area (Å²) < 4.78 is 0. The maximum atomic E-state index is 13.0. The van der Waals surface area contributed by atoms with Crippen molar-refractivity contribution in [3.8, 4) is 0 Å². The topological polar surface area (TPSA) is 208 Å². The van der Waals surface area contributed by atoms with Gasteiger partial charge in [-0.3, -0.25) is 48.2 Å². The molecular formula is C20H22N4O10. The Labute approximate surface area is 192 Å². The van der Waals surface area contributed by atoms with Crippen LogP contribution in [0.25, 0.3) is 0 Å². The zero-order valence-electron chi connectivity index (χ0n) is 17.8. The zero-order valence-corrected chi connectivity index (χ0v) is 17.8. The van der Waals surface area contributed by atoms with Gasteiger partial charge in [-0.15, -0.1) is 0 Å². The van der Waals surface area contributed by atoms with Crippen LogP contribution in [0.2, 0.25) is 0 Å². The number of nitrogens with one attached hydrogen (secondary N) is 2. The number of imide groups is 2. The monoisotopic (exact) mass is 478 g/mol. The highest BCUT2D eigenvalue weighted by Crippen LogP contribution is 2.21. The molecule has 2 aliphatic rings. The second-order valence-corrected chi connectivity index (χ2v) is 7.23.